The lowest BCUT2D eigenvalue weighted by atomic mass is 10.3. The summed E-state index contributed by atoms with van der Waals surface area (Å²) in [6.45, 7) is 7.46. The molecule has 0 atom stereocenters. The maximum absolute atomic E-state index is 10.4. The van der Waals surface area contributed by atoms with E-state index in [0.29, 0.717) is 13.2 Å². The number of esters is 2. The van der Waals surface area contributed by atoms with Crippen LogP contribution in [0.4, 0.5) is 0 Å². The molecule has 0 rings (SSSR count). The van der Waals surface area contributed by atoms with Crippen molar-refractivity contribution in [1.82, 2.24) is 0 Å². The van der Waals surface area contributed by atoms with E-state index in [1.807, 2.05) is 0 Å². The van der Waals surface area contributed by atoms with Crippen LogP contribution in [-0.4, -0.2) is 30.9 Å². The summed E-state index contributed by atoms with van der Waals surface area (Å²) in [6.07, 6.45) is 1.95. The van der Waals surface area contributed by atoms with Crippen LogP contribution in [0.1, 0.15) is 47.0 Å². The molecule has 0 fully saturated rings. The Morgan fingerprint density at radius 3 is 1.94 bits per heavy atom. The van der Waals surface area contributed by atoms with Crippen molar-refractivity contribution in [3.63, 3.8) is 0 Å². The van der Waals surface area contributed by atoms with Crippen molar-refractivity contribution in [2.75, 3.05) is 13.2 Å². The molecule has 0 aromatic rings. The average Bonchev–Trinajstić information content (AvgIpc) is 2.17. The zero-order valence-corrected chi connectivity index (χ0v) is 11.1. The Kier molecular flexibility index (Phi) is 13.4. The molecule has 100 valence electrons. The molecule has 0 spiro atoms. The van der Waals surface area contributed by atoms with Gasteiger partial charge in [-0.25, -0.2) is 0 Å². The molecule has 5 heteroatoms. The van der Waals surface area contributed by atoms with Crippen LogP contribution in [0.25, 0.3) is 0 Å². The Hall–Kier alpha value is -1.39. The molecular formula is C12H22O5. The van der Waals surface area contributed by atoms with E-state index in [9.17, 15) is 14.4 Å². The van der Waals surface area contributed by atoms with Crippen LogP contribution in [0, 0.1) is 0 Å². The van der Waals surface area contributed by atoms with Gasteiger partial charge >= 0.3 is 11.9 Å². The van der Waals surface area contributed by atoms with Gasteiger partial charge in [0.2, 0.25) is 0 Å². The van der Waals surface area contributed by atoms with Crippen molar-refractivity contribution in [2.24, 2.45) is 0 Å². The lowest BCUT2D eigenvalue weighted by molar-refractivity contribution is -0.145. The van der Waals surface area contributed by atoms with E-state index in [-0.39, 0.29) is 18.2 Å². The summed E-state index contributed by atoms with van der Waals surface area (Å²) in [7, 11) is 0. The van der Waals surface area contributed by atoms with E-state index < -0.39 is 5.97 Å². The zero-order valence-electron chi connectivity index (χ0n) is 11.1. The van der Waals surface area contributed by atoms with Crippen LogP contribution in [0.5, 0.6) is 0 Å². The van der Waals surface area contributed by atoms with E-state index in [1.54, 1.807) is 6.92 Å². The minimum absolute atomic E-state index is 0.103. The number of ketones is 1. The molecule has 0 N–H and O–H groups in total. The minimum Gasteiger partial charge on any atom is -0.466 e. The van der Waals surface area contributed by atoms with E-state index in [2.05, 4.69) is 16.4 Å². The number of unbranched alkanes of at least 4 members (excludes halogenated alkanes) is 1. The fourth-order valence-corrected chi connectivity index (χ4v) is 0.776. The molecule has 0 unspecified atom stereocenters. The molecule has 0 aliphatic rings. The molecule has 0 radical (unpaired) electrons. The Morgan fingerprint density at radius 2 is 1.59 bits per heavy atom. The predicted octanol–water partition coefficient (Wildman–Crippen LogP) is 1.88. The quantitative estimate of drug-likeness (QED) is 0.406. The summed E-state index contributed by atoms with van der Waals surface area (Å²) in [6, 6.07) is 0. The van der Waals surface area contributed by atoms with Crippen molar-refractivity contribution < 1.29 is 23.9 Å². The zero-order chi connectivity index (χ0) is 13.7. The molecule has 0 aromatic heterocycles. The number of ether oxygens (including phenoxy) is 2. The van der Waals surface area contributed by atoms with Crippen molar-refractivity contribution in [1.29, 1.82) is 0 Å². The SMILES string of the molecule is CCCCOC(C)=O.CCOC(=O)CC(C)=O. The molecule has 0 aliphatic carbocycles. The van der Waals surface area contributed by atoms with E-state index in [4.69, 9.17) is 0 Å². The smallest absolute Gasteiger partial charge is 0.313 e. The summed E-state index contributed by atoms with van der Waals surface area (Å²) in [5.74, 6) is -0.781. The van der Waals surface area contributed by atoms with Crippen LogP contribution in [0.2, 0.25) is 0 Å². The first-order valence-electron chi connectivity index (χ1n) is 5.72. The van der Waals surface area contributed by atoms with Crippen molar-refractivity contribution in [2.45, 2.75) is 47.0 Å². The highest BCUT2D eigenvalue weighted by Gasteiger charge is 2.03. The molecule has 5 nitrogen and oxygen atoms in total. The normalized spacial score (nSPS) is 8.71. The van der Waals surface area contributed by atoms with Gasteiger partial charge in [0, 0.05) is 6.92 Å². The van der Waals surface area contributed by atoms with Crippen LogP contribution in [0.15, 0.2) is 0 Å². The van der Waals surface area contributed by atoms with E-state index >= 15 is 0 Å². The molecule has 0 aliphatic heterocycles. The first-order chi connectivity index (χ1) is 7.93. The Balaban J connectivity index is 0. The first-order valence-corrected chi connectivity index (χ1v) is 5.72. The highest BCUT2D eigenvalue weighted by atomic mass is 16.5. The molecule has 0 saturated heterocycles. The summed E-state index contributed by atoms with van der Waals surface area (Å²) < 4.78 is 9.14. The largest absolute Gasteiger partial charge is 0.466 e. The third kappa shape index (κ3) is 20.6. The number of Topliss-reactive ketones (excluding diaryl/α,β-unsaturated/α-hetero) is 1. The third-order valence-electron chi connectivity index (χ3n) is 1.50. The number of rotatable bonds is 6. The molecule has 0 aromatic carbocycles. The summed E-state index contributed by atoms with van der Waals surface area (Å²) in [4.78, 5) is 30.7. The molecule has 0 amide bonds. The van der Waals surface area contributed by atoms with Gasteiger partial charge in [-0.2, -0.15) is 0 Å². The molecule has 0 saturated carbocycles. The summed E-state index contributed by atoms with van der Waals surface area (Å²) in [5.41, 5.74) is 0. The van der Waals surface area contributed by atoms with Crippen LogP contribution >= 0.6 is 0 Å². The van der Waals surface area contributed by atoms with Gasteiger partial charge in [0.1, 0.15) is 12.2 Å². The van der Waals surface area contributed by atoms with Gasteiger partial charge in [0.15, 0.2) is 0 Å². The van der Waals surface area contributed by atoms with Gasteiger partial charge in [-0.1, -0.05) is 13.3 Å². The van der Waals surface area contributed by atoms with Crippen molar-refractivity contribution in [3.8, 4) is 0 Å². The number of hydrogen-bond donors (Lipinski definition) is 0. The number of hydrogen-bond acceptors (Lipinski definition) is 5. The van der Waals surface area contributed by atoms with Crippen molar-refractivity contribution >= 4 is 17.7 Å². The van der Waals surface area contributed by atoms with Gasteiger partial charge in [-0.15, -0.1) is 0 Å². The van der Waals surface area contributed by atoms with Gasteiger partial charge < -0.3 is 9.47 Å². The second-order valence-electron chi connectivity index (χ2n) is 3.38. The second-order valence-corrected chi connectivity index (χ2v) is 3.38. The monoisotopic (exact) mass is 246 g/mol. The highest BCUT2D eigenvalue weighted by molar-refractivity contribution is 5.94. The Morgan fingerprint density at radius 1 is 1.00 bits per heavy atom. The Bertz CT molecular complexity index is 235. The highest BCUT2D eigenvalue weighted by Crippen LogP contribution is 1.87. The maximum atomic E-state index is 10.4. The lowest BCUT2D eigenvalue weighted by Crippen LogP contribution is -2.07. The maximum Gasteiger partial charge on any atom is 0.313 e. The molecular weight excluding hydrogens is 224 g/mol. The van der Waals surface area contributed by atoms with Crippen molar-refractivity contribution in [3.05, 3.63) is 0 Å². The summed E-state index contributed by atoms with van der Waals surface area (Å²) >= 11 is 0. The van der Waals surface area contributed by atoms with E-state index in [1.165, 1.54) is 13.8 Å². The molecule has 0 heterocycles. The van der Waals surface area contributed by atoms with Crippen LogP contribution in [0.3, 0.4) is 0 Å². The average molecular weight is 246 g/mol. The van der Waals surface area contributed by atoms with Gasteiger partial charge in [-0.3, -0.25) is 14.4 Å². The number of carbonyl (C=O) groups is 3. The lowest BCUT2D eigenvalue weighted by Gasteiger charge is -1.96. The fourth-order valence-electron chi connectivity index (χ4n) is 0.776. The Labute approximate surface area is 102 Å². The summed E-state index contributed by atoms with van der Waals surface area (Å²) in [5, 5.41) is 0. The minimum atomic E-state index is -0.440. The van der Waals surface area contributed by atoms with Gasteiger partial charge in [0.25, 0.3) is 0 Å². The molecule has 17 heavy (non-hydrogen) atoms. The fraction of sp³-hybridized carbons (Fsp3) is 0.750. The molecule has 0 bridgehead atoms. The van der Waals surface area contributed by atoms with Crippen LogP contribution < -0.4 is 0 Å². The van der Waals surface area contributed by atoms with Gasteiger partial charge in [0.05, 0.1) is 13.2 Å². The van der Waals surface area contributed by atoms with Gasteiger partial charge in [-0.05, 0) is 20.3 Å². The predicted molar refractivity (Wildman–Crippen MR) is 63.5 cm³/mol. The standard InChI is InChI=1S/C6H10O3.C6H12O2/c1-3-9-6(8)4-5(2)7;1-3-4-5-8-6(2)7/h3-4H2,1-2H3;3-5H2,1-2H3. The second kappa shape index (κ2) is 12.7. The first kappa shape index (κ1) is 18.0. The number of carbonyl (C=O) groups excluding carboxylic acids is 3. The third-order valence-corrected chi connectivity index (χ3v) is 1.50. The topological polar surface area (TPSA) is 69.7 Å². The van der Waals surface area contributed by atoms with E-state index in [0.717, 1.165) is 12.8 Å². The van der Waals surface area contributed by atoms with Crippen LogP contribution in [-0.2, 0) is 23.9 Å².